The van der Waals surface area contributed by atoms with Gasteiger partial charge in [0.15, 0.2) is 11.9 Å². The largest absolute Gasteiger partial charge is 0.436 e. The van der Waals surface area contributed by atoms with Gasteiger partial charge in [-0.25, -0.2) is 9.18 Å². The Balaban J connectivity index is 1.55. The van der Waals surface area contributed by atoms with Crippen molar-refractivity contribution in [2.75, 3.05) is 26.7 Å². The number of nitrogens with one attached hydrogen (secondary N) is 3. The average Bonchev–Trinajstić information content (AvgIpc) is 3.46. The Morgan fingerprint density at radius 3 is 2.49 bits per heavy atom. The molecule has 3 heterocycles. The number of amides is 3. The van der Waals surface area contributed by atoms with Crippen LogP contribution in [-0.2, 0) is 14.3 Å². The van der Waals surface area contributed by atoms with Crippen molar-refractivity contribution in [2.24, 2.45) is 5.92 Å². The first kappa shape index (κ1) is 28.2. The molecule has 2 aliphatic heterocycles. The number of carbonyl (C=O) groups excluding carboxylic acids is 4. The van der Waals surface area contributed by atoms with Crippen molar-refractivity contribution in [3.8, 4) is 0 Å². The summed E-state index contributed by atoms with van der Waals surface area (Å²) in [4.78, 5) is 57.5. The molecule has 2 fully saturated rings. The van der Waals surface area contributed by atoms with Crippen molar-refractivity contribution in [3.63, 3.8) is 0 Å². The second kappa shape index (κ2) is 12.8. The number of hydrogen-bond donors (Lipinski definition) is 3. The fourth-order valence-electron chi connectivity index (χ4n) is 5.19. The minimum absolute atomic E-state index is 0.0827. The van der Waals surface area contributed by atoms with Crippen LogP contribution < -0.4 is 16.0 Å². The van der Waals surface area contributed by atoms with Crippen LogP contribution in [0.2, 0.25) is 0 Å². The maximum absolute atomic E-state index is 14.0. The number of ketones is 1. The highest BCUT2D eigenvalue weighted by atomic mass is 19.1. The normalized spacial score (nSPS) is 19.2. The first-order valence-electron chi connectivity index (χ1n) is 13.2. The highest BCUT2D eigenvalue weighted by Gasteiger charge is 2.39. The predicted octanol–water partition coefficient (Wildman–Crippen LogP) is 2.34. The van der Waals surface area contributed by atoms with E-state index in [1.54, 1.807) is 17.2 Å². The third kappa shape index (κ3) is 6.78. The van der Waals surface area contributed by atoms with E-state index in [-0.39, 0.29) is 23.7 Å². The third-order valence-electron chi connectivity index (χ3n) is 7.32. The van der Waals surface area contributed by atoms with Crippen molar-refractivity contribution in [3.05, 3.63) is 65.2 Å². The lowest BCUT2D eigenvalue weighted by Crippen LogP contribution is -2.55. The molecule has 10 nitrogen and oxygen atoms in total. The number of alkyl carbamates (subject to hydrolysis) is 1. The molecule has 2 saturated heterocycles. The second-order valence-corrected chi connectivity index (χ2v) is 9.90. The number of piperidine rings is 1. The number of aromatic nitrogens is 1. The topological polar surface area (TPSA) is 130 Å². The summed E-state index contributed by atoms with van der Waals surface area (Å²) in [5.74, 6) is -1.55. The third-order valence-corrected chi connectivity index (χ3v) is 7.32. The zero-order valence-corrected chi connectivity index (χ0v) is 22.1. The number of pyridine rings is 1. The van der Waals surface area contributed by atoms with E-state index in [9.17, 15) is 23.6 Å². The molecule has 0 saturated carbocycles. The van der Waals surface area contributed by atoms with Gasteiger partial charge in [0.25, 0.3) is 5.91 Å². The number of ether oxygens (including phenoxy) is 1. The van der Waals surface area contributed by atoms with Gasteiger partial charge in [-0.15, -0.1) is 0 Å². The lowest BCUT2D eigenvalue weighted by Gasteiger charge is -2.35. The van der Waals surface area contributed by atoms with Crippen LogP contribution in [0.1, 0.15) is 60.1 Å². The van der Waals surface area contributed by atoms with Gasteiger partial charge in [0, 0.05) is 37.1 Å². The van der Waals surface area contributed by atoms with E-state index in [0.29, 0.717) is 36.9 Å². The lowest BCUT2D eigenvalue weighted by atomic mass is 9.88. The SMILES string of the molecule is CNC(=O)O[C@@H](C)C(=O)N[C@H](C(=O)N1CCC[C@H]1c1cncc(C(=O)c2ccc(F)cc2)c1)C1CCNCC1. The number of rotatable bonds is 8. The zero-order valence-electron chi connectivity index (χ0n) is 22.1. The van der Waals surface area contributed by atoms with E-state index in [2.05, 4.69) is 20.9 Å². The summed E-state index contributed by atoms with van der Waals surface area (Å²) in [6.45, 7) is 3.43. The van der Waals surface area contributed by atoms with Crippen LogP contribution >= 0.6 is 0 Å². The van der Waals surface area contributed by atoms with Crippen LogP contribution in [0.4, 0.5) is 9.18 Å². The maximum Gasteiger partial charge on any atom is 0.407 e. The smallest absolute Gasteiger partial charge is 0.407 e. The number of hydrogen-bond acceptors (Lipinski definition) is 7. The summed E-state index contributed by atoms with van der Waals surface area (Å²) >= 11 is 0. The van der Waals surface area contributed by atoms with Crippen molar-refractivity contribution in [1.82, 2.24) is 25.8 Å². The second-order valence-electron chi connectivity index (χ2n) is 9.90. The van der Waals surface area contributed by atoms with E-state index in [1.165, 1.54) is 44.4 Å². The number of nitrogens with zero attached hydrogens (tertiary/aromatic N) is 2. The first-order valence-corrected chi connectivity index (χ1v) is 13.2. The van der Waals surface area contributed by atoms with Gasteiger partial charge in [-0.3, -0.25) is 19.4 Å². The Morgan fingerprint density at radius 2 is 1.79 bits per heavy atom. The fourth-order valence-corrected chi connectivity index (χ4v) is 5.19. The van der Waals surface area contributed by atoms with E-state index in [4.69, 9.17) is 4.74 Å². The van der Waals surface area contributed by atoms with Gasteiger partial charge in [-0.05, 0) is 87.5 Å². The van der Waals surface area contributed by atoms with Gasteiger partial charge in [-0.2, -0.15) is 0 Å². The summed E-state index contributed by atoms with van der Waals surface area (Å²) < 4.78 is 18.4. The molecule has 2 aliphatic rings. The molecule has 0 aliphatic carbocycles. The molecule has 1 aromatic heterocycles. The van der Waals surface area contributed by atoms with E-state index in [1.807, 2.05) is 0 Å². The average molecular weight is 540 g/mol. The molecule has 0 bridgehead atoms. The van der Waals surface area contributed by atoms with Crippen LogP contribution in [0, 0.1) is 11.7 Å². The number of carbonyl (C=O) groups is 4. The zero-order chi connectivity index (χ0) is 27.9. The molecule has 39 heavy (non-hydrogen) atoms. The predicted molar refractivity (Wildman–Crippen MR) is 140 cm³/mol. The highest BCUT2D eigenvalue weighted by Crippen LogP contribution is 2.34. The minimum atomic E-state index is -1.07. The fraction of sp³-hybridized carbons (Fsp3) is 0.464. The summed E-state index contributed by atoms with van der Waals surface area (Å²) in [5.41, 5.74) is 1.42. The monoisotopic (exact) mass is 539 g/mol. The highest BCUT2D eigenvalue weighted by molar-refractivity contribution is 6.08. The number of likely N-dealkylation sites (tertiary alicyclic amines) is 1. The summed E-state index contributed by atoms with van der Waals surface area (Å²) in [5, 5.41) is 8.45. The molecule has 0 unspecified atom stereocenters. The Bertz CT molecular complexity index is 1200. The van der Waals surface area contributed by atoms with Crippen molar-refractivity contribution < 1.29 is 28.3 Å². The van der Waals surface area contributed by atoms with Gasteiger partial charge < -0.3 is 25.6 Å². The maximum atomic E-state index is 14.0. The van der Waals surface area contributed by atoms with E-state index < -0.39 is 30.0 Å². The number of benzene rings is 1. The standard InChI is InChI=1S/C28H34FN5O5/c1-17(39-28(38)30-2)26(36)33-24(18-9-11-31-12-10-18)27(37)34-13-3-4-23(34)20-14-21(16-32-15-20)25(35)19-5-7-22(29)8-6-19/h5-8,14-18,23-24,31H,3-4,9-13H2,1-2H3,(H,30,38)(H,33,36)/t17-,23-,24-/m0/s1. The Morgan fingerprint density at radius 1 is 1.08 bits per heavy atom. The summed E-state index contributed by atoms with van der Waals surface area (Å²) in [7, 11) is 1.40. The first-order chi connectivity index (χ1) is 18.8. The Labute approximate surface area is 226 Å². The van der Waals surface area contributed by atoms with Gasteiger partial charge in [0.1, 0.15) is 11.9 Å². The van der Waals surface area contributed by atoms with Crippen LogP contribution in [-0.4, -0.2) is 72.4 Å². The molecular weight excluding hydrogens is 505 g/mol. The van der Waals surface area contributed by atoms with Crippen molar-refractivity contribution in [2.45, 2.75) is 50.8 Å². The molecule has 1 aromatic carbocycles. The summed E-state index contributed by atoms with van der Waals surface area (Å²) in [6.07, 6.45) is 4.17. The van der Waals surface area contributed by atoms with Crippen LogP contribution in [0.5, 0.6) is 0 Å². The van der Waals surface area contributed by atoms with Crippen molar-refractivity contribution >= 4 is 23.7 Å². The van der Waals surface area contributed by atoms with Gasteiger partial charge >= 0.3 is 6.09 Å². The molecule has 3 atom stereocenters. The van der Waals surface area contributed by atoms with Gasteiger partial charge in [0.2, 0.25) is 5.91 Å². The minimum Gasteiger partial charge on any atom is -0.436 e. The molecule has 0 spiro atoms. The molecule has 2 aromatic rings. The van der Waals surface area contributed by atoms with E-state index in [0.717, 1.165) is 25.1 Å². The Kier molecular flexibility index (Phi) is 9.23. The molecule has 3 N–H and O–H groups in total. The van der Waals surface area contributed by atoms with Crippen molar-refractivity contribution in [1.29, 1.82) is 0 Å². The summed E-state index contributed by atoms with van der Waals surface area (Å²) in [6, 6.07) is 5.95. The molecule has 0 radical (unpaired) electrons. The molecule has 11 heteroatoms. The Hall–Kier alpha value is -3.86. The van der Waals surface area contributed by atoms with Crippen LogP contribution in [0.25, 0.3) is 0 Å². The molecule has 208 valence electrons. The molecular formula is C28H34FN5O5. The van der Waals surface area contributed by atoms with Crippen LogP contribution in [0.15, 0.2) is 42.7 Å². The molecule has 3 amide bonds. The van der Waals surface area contributed by atoms with Gasteiger partial charge in [-0.1, -0.05) is 0 Å². The molecule has 4 rings (SSSR count). The van der Waals surface area contributed by atoms with Gasteiger partial charge in [0.05, 0.1) is 6.04 Å². The lowest BCUT2D eigenvalue weighted by molar-refractivity contribution is -0.141. The quantitative estimate of drug-likeness (QED) is 0.439. The number of halogens is 1. The van der Waals surface area contributed by atoms with E-state index >= 15 is 0 Å². The van der Waals surface area contributed by atoms with Crippen LogP contribution in [0.3, 0.4) is 0 Å².